The summed E-state index contributed by atoms with van der Waals surface area (Å²) in [7, 11) is 1.56. The van der Waals surface area contributed by atoms with Crippen molar-refractivity contribution in [3.8, 4) is 5.88 Å². The van der Waals surface area contributed by atoms with Gasteiger partial charge >= 0.3 is 6.09 Å². The van der Waals surface area contributed by atoms with E-state index in [4.69, 9.17) is 14.2 Å². The van der Waals surface area contributed by atoms with E-state index in [1.807, 2.05) is 20.8 Å². The van der Waals surface area contributed by atoms with E-state index in [-0.39, 0.29) is 6.09 Å². The summed E-state index contributed by atoms with van der Waals surface area (Å²) >= 11 is 0. The molecule has 134 valence electrons. The summed E-state index contributed by atoms with van der Waals surface area (Å²) in [6, 6.07) is 0. The topological polar surface area (TPSA) is 73.8 Å². The largest absolute Gasteiger partial charge is 0.480 e. The molecule has 1 fully saturated rings. The Labute approximate surface area is 143 Å². The lowest BCUT2D eigenvalue weighted by Gasteiger charge is -2.34. The fourth-order valence-electron chi connectivity index (χ4n) is 2.64. The summed E-state index contributed by atoms with van der Waals surface area (Å²) in [6.07, 6.45) is 4.95. The minimum atomic E-state index is -0.469. The first kappa shape index (κ1) is 18.4. The van der Waals surface area contributed by atoms with Gasteiger partial charge in [-0.3, -0.25) is 4.98 Å². The van der Waals surface area contributed by atoms with Crippen molar-refractivity contribution >= 4 is 6.09 Å². The minimum Gasteiger partial charge on any atom is -0.480 e. The molecule has 24 heavy (non-hydrogen) atoms. The molecule has 0 spiro atoms. The van der Waals surface area contributed by atoms with E-state index < -0.39 is 5.60 Å². The highest BCUT2D eigenvalue weighted by atomic mass is 16.6. The summed E-state index contributed by atoms with van der Waals surface area (Å²) in [6.45, 7) is 7.95. The van der Waals surface area contributed by atoms with E-state index in [2.05, 4.69) is 9.97 Å². The maximum Gasteiger partial charge on any atom is 0.410 e. The average molecular weight is 337 g/mol. The van der Waals surface area contributed by atoms with Gasteiger partial charge in [0.05, 0.1) is 20.3 Å². The highest BCUT2D eigenvalue weighted by Crippen LogP contribution is 2.20. The Morgan fingerprint density at radius 2 is 2.08 bits per heavy atom. The van der Waals surface area contributed by atoms with Crippen LogP contribution in [0.25, 0.3) is 0 Å². The van der Waals surface area contributed by atoms with Gasteiger partial charge < -0.3 is 19.1 Å². The van der Waals surface area contributed by atoms with E-state index in [1.165, 1.54) is 0 Å². The number of aromatic nitrogens is 2. The van der Waals surface area contributed by atoms with Crippen LogP contribution in [0.4, 0.5) is 4.79 Å². The van der Waals surface area contributed by atoms with Gasteiger partial charge in [-0.1, -0.05) is 0 Å². The number of carbonyl (C=O) groups excluding carboxylic acids is 1. The van der Waals surface area contributed by atoms with Crippen LogP contribution in [0, 0.1) is 5.92 Å². The van der Waals surface area contributed by atoms with E-state index in [1.54, 1.807) is 24.4 Å². The van der Waals surface area contributed by atoms with Crippen molar-refractivity contribution in [2.45, 2.75) is 45.8 Å². The molecule has 0 bridgehead atoms. The molecule has 1 aromatic heterocycles. The maximum absolute atomic E-state index is 12.2. The van der Waals surface area contributed by atoms with Crippen LogP contribution in [-0.2, 0) is 16.1 Å². The summed E-state index contributed by atoms with van der Waals surface area (Å²) < 4.78 is 16.4. The van der Waals surface area contributed by atoms with Crippen molar-refractivity contribution in [1.29, 1.82) is 0 Å². The molecule has 2 heterocycles. The number of nitrogens with zero attached hydrogens (tertiary/aromatic N) is 3. The lowest BCUT2D eigenvalue weighted by atomic mass is 9.99. The van der Waals surface area contributed by atoms with Crippen LogP contribution in [0.15, 0.2) is 12.4 Å². The Morgan fingerprint density at radius 3 is 2.79 bits per heavy atom. The normalized spacial score (nSPS) is 18.3. The fourth-order valence-corrected chi connectivity index (χ4v) is 2.64. The molecule has 0 saturated carbocycles. The third kappa shape index (κ3) is 5.63. The van der Waals surface area contributed by atoms with Crippen LogP contribution < -0.4 is 4.74 Å². The third-order valence-corrected chi connectivity index (χ3v) is 3.69. The highest BCUT2D eigenvalue weighted by Gasteiger charge is 2.27. The summed E-state index contributed by atoms with van der Waals surface area (Å²) in [5.74, 6) is 0.783. The van der Waals surface area contributed by atoms with Gasteiger partial charge in [0.15, 0.2) is 0 Å². The second-order valence-electron chi connectivity index (χ2n) is 6.96. The lowest BCUT2D eigenvalue weighted by Crippen LogP contribution is -2.43. The molecule has 7 heteroatoms. The van der Waals surface area contributed by atoms with E-state index in [0.717, 1.165) is 19.4 Å². The molecule has 0 unspecified atom stereocenters. The minimum absolute atomic E-state index is 0.247. The second-order valence-corrected chi connectivity index (χ2v) is 6.96. The molecule has 0 aromatic carbocycles. The van der Waals surface area contributed by atoms with Crippen molar-refractivity contribution in [2.75, 3.05) is 26.8 Å². The van der Waals surface area contributed by atoms with Crippen molar-refractivity contribution in [3.05, 3.63) is 18.1 Å². The zero-order valence-corrected chi connectivity index (χ0v) is 14.9. The number of methoxy groups -OCH3 is 1. The Kier molecular flexibility index (Phi) is 6.36. The van der Waals surface area contributed by atoms with E-state index in [0.29, 0.717) is 37.3 Å². The Balaban J connectivity index is 1.80. The van der Waals surface area contributed by atoms with Gasteiger partial charge in [0, 0.05) is 31.4 Å². The number of hydrogen-bond donors (Lipinski definition) is 0. The van der Waals surface area contributed by atoms with Gasteiger partial charge in [0.1, 0.15) is 11.3 Å². The van der Waals surface area contributed by atoms with Gasteiger partial charge in [-0.2, -0.15) is 0 Å². The SMILES string of the molecule is COc1nccnc1COC[C@@H]1CCCN(C(=O)OC(C)(C)C)C1. The maximum atomic E-state index is 12.2. The predicted octanol–water partition coefficient (Wildman–Crippen LogP) is 2.65. The number of piperidine rings is 1. The van der Waals surface area contributed by atoms with Gasteiger partial charge in [0.25, 0.3) is 0 Å². The first-order valence-electron chi connectivity index (χ1n) is 8.28. The first-order chi connectivity index (χ1) is 11.4. The number of ether oxygens (including phenoxy) is 3. The monoisotopic (exact) mass is 337 g/mol. The number of hydrogen-bond acceptors (Lipinski definition) is 6. The predicted molar refractivity (Wildman–Crippen MR) is 88.8 cm³/mol. The second kappa shape index (κ2) is 8.28. The summed E-state index contributed by atoms with van der Waals surface area (Å²) in [5.41, 5.74) is 0.211. The van der Waals surface area contributed by atoms with E-state index >= 15 is 0 Å². The third-order valence-electron chi connectivity index (χ3n) is 3.69. The van der Waals surface area contributed by atoms with Gasteiger partial charge in [-0.25, -0.2) is 9.78 Å². The molecule has 1 aliphatic heterocycles. The number of amides is 1. The van der Waals surface area contributed by atoms with Crippen LogP contribution in [-0.4, -0.2) is 53.4 Å². The molecule has 0 aliphatic carbocycles. The fraction of sp³-hybridized carbons (Fsp3) is 0.706. The summed E-state index contributed by atoms with van der Waals surface area (Å²) in [4.78, 5) is 22.3. The highest BCUT2D eigenvalue weighted by molar-refractivity contribution is 5.68. The molecule has 1 aliphatic rings. The van der Waals surface area contributed by atoms with Crippen molar-refractivity contribution in [1.82, 2.24) is 14.9 Å². The Morgan fingerprint density at radius 1 is 1.33 bits per heavy atom. The van der Waals surface area contributed by atoms with Crippen molar-refractivity contribution in [2.24, 2.45) is 5.92 Å². The van der Waals surface area contributed by atoms with Crippen molar-refractivity contribution in [3.63, 3.8) is 0 Å². The molecule has 0 radical (unpaired) electrons. The molecule has 1 atom stereocenters. The Hall–Kier alpha value is -1.89. The average Bonchev–Trinajstić information content (AvgIpc) is 2.54. The quantitative estimate of drug-likeness (QED) is 0.822. The van der Waals surface area contributed by atoms with Gasteiger partial charge in [-0.15, -0.1) is 0 Å². The zero-order chi connectivity index (χ0) is 17.6. The number of carbonyl (C=O) groups is 1. The van der Waals surface area contributed by atoms with Crippen LogP contribution in [0.2, 0.25) is 0 Å². The molecule has 1 amide bonds. The zero-order valence-electron chi connectivity index (χ0n) is 14.9. The molecular weight excluding hydrogens is 310 g/mol. The smallest absolute Gasteiger partial charge is 0.410 e. The molecular formula is C17H27N3O4. The lowest BCUT2D eigenvalue weighted by molar-refractivity contribution is 0.00552. The molecule has 0 N–H and O–H groups in total. The number of rotatable bonds is 5. The standard InChI is InChI=1S/C17H27N3O4/c1-17(2,3)24-16(21)20-9-5-6-13(10-20)11-23-12-14-15(22-4)19-8-7-18-14/h7-8,13H,5-6,9-12H2,1-4H3/t13-/m1/s1. The number of likely N-dealkylation sites (tertiary alicyclic amines) is 1. The van der Waals surface area contributed by atoms with E-state index in [9.17, 15) is 4.79 Å². The molecule has 1 saturated heterocycles. The van der Waals surface area contributed by atoms with Crippen molar-refractivity contribution < 1.29 is 19.0 Å². The Bertz CT molecular complexity index is 545. The first-order valence-corrected chi connectivity index (χ1v) is 8.28. The molecule has 2 rings (SSSR count). The molecule has 7 nitrogen and oxygen atoms in total. The van der Waals surface area contributed by atoms with Crippen LogP contribution >= 0.6 is 0 Å². The molecule has 1 aromatic rings. The van der Waals surface area contributed by atoms with Crippen LogP contribution in [0.3, 0.4) is 0 Å². The van der Waals surface area contributed by atoms with Crippen LogP contribution in [0.1, 0.15) is 39.3 Å². The van der Waals surface area contributed by atoms with Gasteiger partial charge in [0.2, 0.25) is 5.88 Å². The van der Waals surface area contributed by atoms with Crippen LogP contribution in [0.5, 0.6) is 5.88 Å². The summed E-state index contributed by atoms with van der Waals surface area (Å²) in [5, 5.41) is 0. The van der Waals surface area contributed by atoms with Gasteiger partial charge in [-0.05, 0) is 33.6 Å².